The summed E-state index contributed by atoms with van der Waals surface area (Å²) in [7, 11) is 0. The van der Waals surface area contributed by atoms with E-state index in [-0.39, 0.29) is 17.9 Å². The van der Waals surface area contributed by atoms with E-state index in [9.17, 15) is 4.79 Å². The molecule has 6 rings (SSSR count). The van der Waals surface area contributed by atoms with Crippen molar-refractivity contribution in [3.8, 4) is 0 Å². The molecule has 0 aromatic carbocycles. The topological polar surface area (TPSA) is 44.8 Å². The fourth-order valence-corrected chi connectivity index (χ4v) is 11.3. The van der Waals surface area contributed by atoms with Crippen LogP contribution in [0.3, 0.4) is 0 Å². The van der Waals surface area contributed by atoms with Crippen LogP contribution in [0.15, 0.2) is 0 Å². The quantitative estimate of drug-likeness (QED) is 0.257. The Morgan fingerprint density at radius 3 is 2.47 bits per heavy atom. The molecule has 0 radical (unpaired) electrons. The standard InChI is InChI=1S/C34H56O4/c1-6-7-8-9-10-30(35)37-25-14-16-32(4)24(19-25)11-12-26-27(32)15-17-33(5)28(26)20-29-31(33)23(3)34(38-29)18-13-22(2)21-36-34/h22-29,31H,6-21H2,1-5H3/t22-,23+,24+,25+,26+,27-,28+,29-,31-,32-,33-,34+/m0/s1. The maximum Gasteiger partial charge on any atom is 0.306 e. The Kier molecular flexibility index (Phi) is 7.50. The Labute approximate surface area is 232 Å². The number of unbranched alkanes of at least 4 members (excludes halogenated alkanes) is 3. The molecule has 0 amide bonds. The van der Waals surface area contributed by atoms with Crippen molar-refractivity contribution in [2.24, 2.45) is 52.3 Å². The van der Waals surface area contributed by atoms with Crippen LogP contribution in [-0.4, -0.2) is 30.6 Å². The van der Waals surface area contributed by atoms with E-state index in [0.29, 0.717) is 41.1 Å². The molecule has 0 aromatic heterocycles. The molecule has 0 bridgehead atoms. The van der Waals surface area contributed by atoms with Crippen molar-refractivity contribution in [3.63, 3.8) is 0 Å². The van der Waals surface area contributed by atoms with Gasteiger partial charge < -0.3 is 14.2 Å². The highest BCUT2D eigenvalue weighted by Crippen LogP contribution is 2.71. The van der Waals surface area contributed by atoms with Crippen LogP contribution < -0.4 is 0 Å². The first-order valence-electron chi connectivity index (χ1n) is 16.7. The van der Waals surface area contributed by atoms with Crippen molar-refractivity contribution >= 4 is 5.97 Å². The number of fused-ring (bicyclic) bond motifs is 7. The number of carbonyl (C=O) groups is 1. The molecule has 6 fully saturated rings. The van der Waals surface area contributed by atoms with E-state index in [0.717, 1.165) is 62.4 Å². The first-order chi connectivity index (χ1) is 18.2. The molecule has 0 N–H and O–H groups in total. The number of hydrogen-bond donors (Lipinski definition) is 0. The third-order valence-corrected chi connectivity index (χ3v) is 13.4. The summed E-state index contributed by atoms with van der Waals surface area (Å²) in [6, 6.07) is 0. The van der Waals surface area contributed by atoms with Crippen molar-refractivity contribution in [2.45, 2.75) is 149 Å². The predicted octanol–water partition coefficient (Wildman–Crippen LogP) is 8.32. The van der Waals surface area contributed by atoms with Gasteiger partial charge in [0.15, 0.2) is 5.79 Å². The molecular weight excluding hydrogens is 472 g/mol. The number of carbonyl (C=O) groups excluding carboxylic acids is 1. The lowest BCUT2D eigenvalue weighted by molar-refractivity contribution is -0.273. The average Bonchev–Trinajstić information content (AvgIpc) is 3.34. The van der Waals surface area contributed by atoms with Crippen LogP contribution in [0.2, 0.25) is 0 Å². The lowest BCUT2D eigenvalue weighted by Crippen LogP contribution is -2.55. The Morgan fingerprint density at radius 2 is 1.71 bits per heavy atom. The molecule has 2 aliphatic heterocycles. The normalized spacial score (nSPS) is 51.7. The summed E-state index contributed by atoms with van der Waals surface area (Å²) < 4.78 is 19.5. The summed E-state index contributed by atoms with van der Waals surface area (Å²) in [6.07, 6.45) is 18.2. The van der Waals surface area contributed by atoms with Gasteiger partial charge in [-0.25, -0.2) is 0 Å². The average molecular weight is 529 g/mol. The molecule has 4 heteroatoms. The number of hydrogen-bond acceptors (Lipinski definition) is 4. The molecule has 4 saturated carbocycles. The molecule has 2 saturated heterocycles. The van der Waals surface area contributed by atoms with Crippen LogP contribution in [0.5, 0.6) is 0 Å². The lowest BCUT2D eigenvalue weighted by Gasteiger charge is -2.61. The van der Waals surface area contributed by atoms with E-state index < -0.39 is 0 Å². The van der Waals surface area contributed by atoms with E-state index in [1.54, 1.807) is 0 Å². The van der Waals surface area contributed by atoms with Gasteiger partial charge in [-0.1, -0.05) is 53.9 Å². The lowest BCUT2D eigenvalue weighted by atomic mass is 9.44. The Bertz CT molecular complexity index is 863. The van der Waals surface area contributed by atoms with Gasteiger partial charge in [-0.15, -0.1) is 0 Å². The second kappa shape index (κ2) is 10.3. The van der Waals surface area contributed by atoms with Crippen LogP contribution in [0.1, 0.15) is 131 Å². The summed E-state index contributed by atoms with van der Waals surface area (Å²) in [5.41, 5.74) is 0.817. The first kappa shape index (κ1) is 27.6. The highest BCUT2D eigenvalue weighted by molar-refractivity contribution is 5.69. The fourth-order valence-electron chi connectivity index (χ4n) is 11.3. The summed E-state index contributed by atoms with van der Waals surface area (Å²) in [4.78, 5) is 12.5. The zero-order chi connectivity index (χ0) is 26.7. The molecule has 12 atom stereocenters. The fraction of sp³-hybridized carbons (Fsp3) is 0.971. The Balaban J connectivity index is 1.10. The van der Waals surface area contributed by atoms with Crippen molar-refractivity contribution in [1.29, 1.82) is 0 Å². The van der Waals surface area contributed by atoms with Crippen molar-refractivity contribution in [2.75, 3.05) is 6.61 Å². The van der Waals surface area contributed by atoms with E-state index in [2.05, 4.69) is 34.6 Å². The van der Waals surface area contributed by atoms with Crippen LogP contribution >= 0.6 is 0 Å². The van der Waals surface area contributed by atoms with Gasteiger partial charge in [-0.2, -0.15) is 0 Å². The largest absolute Gasteiger partial charge is 0.462 e. The SMILES string of the molecule is CCCCCCC(=O)O[C@@H]1CC[C@@]2(C)[C@H](CC[C@H]3[C@H]4C[C@@H]5O[C@]6(CC[C@H](C)CO6)[C@H](C)[C@@H]5[C@@]4(C)CC[C@@H]32)C1. The second-order valence-electron chi connectivity index (χ2n) is 15.4. The Hall–Kier alpha value is -0.610. The maximum absolute atomic E-state index is 12.5. The van der Waals surface area contributed by atoms with E-state index in [1.807, 2.05) is 0 Å². The molecular formula is C34H56O4. The van der Waals surface area contributed by atoms with Crippen LogP contribution in [0.25, 0.3) is 0 Å². The number of esters is 1. The van der Waals surface area contributed by atoms with Crippen molar-refractivity contribution in [1.82, 2.24) is 0 Å². The molecule has 0 unspecified atom stereocenters. The first-order valence-corrected chi connectivity index (χ1v) is 16.7. The van der Waals surface area contributed by atoms with Gasteiger partial charge in [0.1, 0.15) is 6.10 Å². The molecule has 4 nitrogen and oxygen atoms in total. The third-order valence-electron chi connectivity index (χ3n) is 13.4. The zero-order valence-corrected chi connectivity index (χ0v) is 25.1. The molecule has 6 aliphatic rings. The van der Waals surface area contributed by atoms with E-state index >= 15 is 0 Å². The minimum Gasteiger partial charge on any atom is -0.462 e. The van der Waals surface area contributed by atoms with Gasteiger partial charge in [0.25, 0.3) is 0 Å². The van der Waals surface area contributed by atoms with Crippen LogP contribution in [-0.2, 0) is 19.0 Å². The van der Waals surface area contributed by atoms with Gasteiger partial charge in [0.2, 0.25) is 0 Å². The molecule has 4 aliphatic carbocycles. The molecule has 2 heterocycles. The maximum atomic E-state index is 12.5. The number of ether oxygens (including phenoxy) is 3. The zero-order valence-electron chi connectivity index (χ0n) is 25.1. The summed E-state index contributed by atoms with van der Waals surface area (Å²) in [5, 5.41) is 0. The third kappa shape index (κ3) is 4.41. The Morgan fingerprint density at radius 1 is 0.895 bits per heavy atom. The second-order valence-corrected chi connectivity index (χ2v) is 15.4. The van der Waals surface area contributed by atoms with E-state index in [4.69, 9.17) is 14.2 Å². The van der Waals surface area contributed by atoms with Crippen molar-refractivity contribution in [3.05, 3.63) is 0 Å². The highest BCUT2D eigenvalue weighted by Gasteiger charge is 2.69. The minimum atomic E-state index is -0.303. The smallest absolute Gasteiger partial charge is 0.306 e. The minimum absolute atomic E-state index is 0.0533. The van der Waals surface area contributed by atoms with Gasteiger partial charge in [-0.05, 0) is 111 Å². The summed E-state index contributed by atoms with van der Waals surface area (Å²) in [6.45, 7) is 13.1. The van der Waals surface area contributed by atoms with Crippen LogP contribution in [0.4, 0.5) is 0 Å². The molecule has 216 valence electrons. The predicted molar refractivity (Wildman–Crippen MR) is 150 cm³/mol. The monoisotopic (exact) mass is 528 g/mol. The van der Waals surface area contributed by atoms with E-state index in [1.165, 1.54) is 57.8 Å². The number of rotatable bonds is 6. The molecule has 38 heavy (non-hydrogen) atoms. The van der Waals surface area contributed by atoms with Crippen LogP contribution in [0, 0.1) is 52.3 Å². The molecule has 1 spiro atoms. The van der Waals surface area contributed by atoms with Gasteiger partial charge in [0.05, 0.1) is 12.7 Å². The highest BCUT2D eigenvalue weighted by atomic mass is 16.7. The summed E-state index contributed by atoms with van der Waals surface area (Å²) >= 11 is 0. The van der Waals surface area contributed by atoms with Crippen molar-refractivity contribution < 1.29 is 19.0 Å². The summed E-state index contributed by atoms with van der Waals surface area (Å²) in [5.74, 6) is 4.77. The van der Waals surface area contributed by atoms with Gasteiger partial charge in [0, 0.05) is 18.8 Å². The van der Waals surface area contributed by atoms with Gasteiger partial charge >= 0.3 is 5.97 Å². The molecule has 0 aromatic rings. The van der Waals surface area contributed by atoms with Gasteiger partial charge in [-0.3, -0.25) is 4.79 Å².